The third kappa shape index (κ3) is 6.33. The molecular weight excluding hydrogens is 399 g/mol. The second-order valence-corrected chi connectivity index (χ2v) is 6.99. The first-order valence-electron chi connectivity index (χ1n) is 8.96. The number of aromatic nitrogens is 1. The van der Waals surface area contributed by atoms with Crippen LogP contribution in [0, 0.1) is 12.7 Å². The first kappa shape index (κ1) is 22.4. The highest BCUT2D eigenvalue weighted by molar-refractivity contribution is 7.17. The summed E-state index contributed by atoms with van der Waals surface area (Å²) >= 11 is 1.05. The number of halogens is 1. The minimum Gasteiger partial charge on any atom is -0.462 e. The molecule has 2 N–H and O–H groups in total. The molecule has 8 nitrogen and oxygen atoms in total. The first-order chi connectivity index (χ1) is 13.8. The summed E-state index contributed by atoms with van der Waals surface area (Å²) in [5, 5.41) is 5.54. The number of anilines is 1. The number of thiazole rings is 1. The number of nitrogens with one attached hydrogen (secondary N) is 2. The Kier molecular flexibility index (Phi) is 8.22. The van der Waals surface area contributed by atoms with Gasteiger partial charge >= 0.3 is 5.97 Å². The largest absolute Gasteiger partial charge is 0.462 e. The average Bonchev–Trinajstić information content (AvgIpc) is 3.08. The van der Waals surface area contributed by atoms with Gasteiger partial charge in [0.15, 0.2) is 5.13 Å². The standard InChI is InChI=1S/C19H23FN4O4S/c1-4-28-18(27)17-12(2)23-19(29-17)24(11-13-5-7-14(20)8-6-13)16(26)10-22-9-15(25)21-3/h5-8,22H,4,9-11H2,1-3H3,(H,21,25). The molecule has 1 aromatic carbocycles. The molecule has 1 heterocycles. The van der Waals surface area contributed by atoms with Crippen molar-refractivity contribution >= 4 is 34.3 Å². The lowest BCUT2D eigenvalue weighted by Crippen LogP contribution is -2.41. The highest BCUT2D eigenvalue weighted by Crippen LogP contribution is 2.28. The van der Waals surface area contributed by atoms with E-state index in [-0.39, 0.29) is 43.9 Å². The quantitative estimate of drug-likeness (QED) is 0.596. The van der Waals surface area contributed by atoms with E-state index in [1.54, 1.807) is 26.0 Å². The third-order valence-electron chi connectivity index (χ3n) is 3.87. The van der Waals surface area contributed by atoms with Gasteiger partial charge in [-0.2, -0.15) is 0 Å². The highest BCUT2D eigenvalue weighted by Gasteiger charge is 2.24. The van der Waals surface area contributed by atoms with Gasteiger partial charge < -0.3 is 10.1 Å². The Morgan fingerprint density at radius 3 is 2.52 bits per heavy atom. The number of benzene rings is 1. The molecule has 0 aliphatic carbocycles. The number of nitrogens with zero attached hydrogens (tertiary/aromatic N) is 2. The van der Waals surface area contributed by atoms with Crippen LogP contribution in [0.15, 0.2) is 24.3 Å². The van der Waals surface area contributed by atoms with Crippen LogP contribution in [-0.2, 0) is 20.9 Å². The van der Waals surface area contributed by atoms with E-state index in [9.17, 15) is 18.8 Å². The average molecular weight is 422 g/mol. The van der Waals surface area contributed by atoms with E-state index in [1.165, 1.54) is 24.1 Å². The molecule has 156 valence electrons. The molecule has 29 heavy (non-hydrogen) atoms. The molecule has 0 saturated heterocycles. The summed E-state index contributed by atoms with van der Waals surface area (Å²) < 4.78 is 18.2. The fourth-order valence-electron chi connectivity index (χ4n) is 2.39. The fraction of sp³-hybridized carbons (Fsp3) is 0.368. The molecule has 0 aliphatic heterocycles. The van der Waals surface area contributed by atoms with Crippen molar-refractivity contribution in [2.24, 2.45) is 0 Å². The summed E-state index contributed by atoms with van der Waals surface area (Å²) in [4.78, 5) is 42.3. The van der Waals surface area contributed by atoms with Gasteiger partial charge in [-0.15, -0.1) is 0 Å². The molecule has 0 fully saturated rings. The Balaban J connectivity index is 2.25. The summed E-state index contributed by atoms with van der Waals surface area (Å²) in [6, 6.07) is 5.75. The Morgan fingerprint density at radius 1 is 1.21 bits per heavy atom. The topological polar surface area (TPSA) is 101 Å². The molecular formula is C19H23FN4O4S. The minimum atomic E-state index is -0.499. The monoisotopic (exact) mass is 422 g/mol. The van der Waals surface area contributed by atoms with Gasteiger partial charge in [0.25, 0.3) is 0 Å². The van der Waals surface area contributed by atoms with Gasteiger partial charge in [0.1, 0.15) is 10.7 Å². The van der Waals surface area contributed by atoms with E-state index < -0.39 is 5.97 Å². The van der Waals surface area contributed by atoms with Gasteiger partial charge in [-0.25, -0.2) is 14.2 Å². The Bertz CT molecular complexity index is 870. The number of ether oxygens (including phenoxy) is 1. The maximum Gasteiger partial charge on any atom is 0.350 e. The van der Waals surface area contributed by atoms with E-state index in [4.69, 9.17) is 4.74 Å². The van der Waals surface area contributed by atoms with Gasteiger partial charge in [0.2, 0.25) is 11.8 Å². The lowest BCUT2D eigenvalue weighted by Gasteiger charge is -2.20. The molecule has 1 aromatic heterocycles. The fourth-order valence-corrected chi connectivity index (χ4v) is 3.36. The number of likely N-dealkylation sites (N-methyl/N-ethyl adjacent to an activating group) is 1. The summed E-state index contributed by atoms with van der Waals surface area (Å²) in [6.45, 7) is 3.61. The zero-order valence-corrected chi connectivity index (χ0v) is 17.3. The Hall–Kier alpha value is -2.85. The van der Waals surface area contributed by atoms with E-state index in [2.05, 4.69) is 15.6 Å². The third-order valence-corrected chi connectivity index (χ3v) is 5.03. The molecule has 0 spiro atoms. The number of carbonyl (C=O) groups excluding carboxylic acids is 3. The summed E-state index contributed by atoms with van der Waals surface area (Å²) in [5.41, 5.74) is 1.15. The van der Waals surface area contributed by atoms with E-state index in [0.717, 1.165) is 11.3 Å². The molecule has 0 aliphatic rings. The molecule has 2 rings (SSSR count). The van der Waals surface area contributed by atoms with Crippen LogP contribution in [0.2, 0.25) is 0 Å². The molecule has 0 atom stereocenters. The van der Waals surface area contributed by atoms with Crippen LogP contribution in [0.25, 0.3) is 0 Å². The van der Waals surface area contributed by atoms with Crippen LogP contribution in [-0.4, -0.2) is 49.5 Å². The van der Waals surface area contributed by atoms with Gasteiger partial charge in [-0.05, 0) is 31.5 Å². The lowest BCUT2D eigenvalue weighted by molar-refractivity contribution is -0.120. The maximum absolute atomic E-state index is 13.2. The minimum absolute atomic E-state index is 0.0163. The number of carbonyl (C=O) groups is 3. The second-order valence-electron chi connectivity index (χ2n) is 6.01. The zero-order valence-electron chi connectivity index (χ0n) is 16.5. The molecule has 2 amide bonds. The van der Waals surface area contributed by atoms with Gasteiger partial charge in [0.05, 0.1) is 31.9 Å². The smallest absolute Gasteiger partial charge is 0.350 e. The predicted molar refractivity (Wildman–Crippen MR) is 107 cm³/mol. The zero-order chi connectivity index (χ0) is 21.4. The molecule has 0 bridgehead atoms. The maximum atomic E-state index is 13.2. The molecule has 0 radical (unpaired) electrons. The van der Waals surface area contributed by atoms with Crippen LogP contribution in [0.5, 0.6) is 0 Å². The Morgan fingerprint density at radius 2 is 1.90 bits per heavy atom. The summed E-state index contributed by atoms with van der Waals surface area (Å²) in [6.07, 6.45) is 0. The van der Waals surface area contributed by atoms with Crippen molar-refractivity contribution in [3.05, 3.63) is 46.2 Å². The van der Waals surface area contributed by atoms with Crippen LogP contribution in [0.1, 0.15) is 27.9 Å². The molecule has 10 heteroatoms. The lowest BCUT2D eigenvalue weighted by atomic mass is 10.2. The normalized spacial score (nSPS) is 10.5. The summed E-state index contributed by atoms with van der Waals surface area (Å²) in [7, 11) is 1.50. The molecule has 0 unspecified atom stereocenters. The first-order valence-corrected chi connectivity index (χ1v) is 9.78. The highest BCUT2D eigenvalue weighted by atomic mass is 32.1. The van der Waals surface area contributed by atoms with Crippen molar-refractivity contribution in [3.8, 4) is 0 Å². The van der Waals surface area contributed by atoms with Crippen molar-refractivity contribution in [1.29, 1.82) is 0 Å². The number of esters is 1. The number of hydrogen-bond donors (Lipinski definition) is 2. The Labute approximate surface area is 172 Å². The van der Waals surface area contributed by atoms with E-state index in [0.29, 0.717) is 21.3 Å². The number of hydrogen-bond acceptors (Lipinski definition) is 7. The van der Waals surface area contributed by atoms with Crippen LogP contribution in [0.3, 0.4) is 0 Å². The SMILES string of the molecule is CCOC(=O)c1sc(N(Cc2ccc(F)cc2)C(=O)CNCC(=O)NC)nc1C. The molecule has 0 saturated carbocycles. The van der Waals surface area contributed by atoms with Gasteiger partial charge in [0, 0.05) is 7.05 Å². The van der Waals surface area contributed by atoms with Crippen molar-refractivity contribution in [2.45, 2.75) is 20.4 Å². The van der Waals surface area contributed by atoms with Crippen LogP contribution >= 0.6 is 11.3 Å². The van der Waals surface area contributed by atoms with Crippen molar-refractivity contribution in [3.63, 3.8) is 0 Å². The second kappa shape index (κ2) is 10.6. The van der Waals surface area contributed by atoms with Crippen molar-refractivity contribution < 1.29 is 23.5 Å². The number of amides is 2. The van der Waals surface area contributed by atoms with Crippen LogP contribution < -0.4 is 15.5 Å². The number of rotatable bonds is 9. The summed E-state index contributed by atoms with van der Waals surface area (Å²) in [5.74, 6) is -1.48. The van der Waals surface area contributed by atoms with E-state index in [1.807, 2.05) is 0 Å². The van der Waals surface area contributed by atoms with Gasteiger partial charge in [-0.3, -0.25) is 19.8 Å². The van der Waals surface area contributed by atoms with Crippen LogP contribution in [0.4, 0.5) is 9.52 Å². The predicted octanol–water partition coefficient (Wildman–Crippen LogP) is 1.64. The van der Waals surface area contributed by atoms with Gasteiger partial charge in [-0.1, -0.05) is 23.5 Å². The van der Waals surface area contributed by atoms with E-state index >= 15 is 0 Å². The van der Waals surface area contributed by atoms with Crippen molar-refractivity contribution in [2.75, 3.05) is 31.6 Å². The van der Waals surface area contributed by atoms with Crippen molar-refractivity contribution in [1.82, 2.24) is 15.6 Å². The molecule has 2 aromatic rings. The number of aryl methyl sites for hydroxylation is 1.